The minimum absolute atomic E-state index is 0.267. The van der Waals surface area contributed by atoms with Gasteiger partial charge in [0.1, 0.15) is 0 Å². The molecule has 1 aliphatic rings. The lowest BCUT2D eigenvalue weighted by molar-refractivity contribution is 0.230. The van der Waals surface area contributed by atoms with E-state index in [9.17, 15) is 0 Å². The molecule has 0 spiro atoms. The van der Waals surface area contributed by atoms with Crippen molar-refractivity contribution >= 4 is 33.9 Å². The number of rotatable bonds is 6. The maximum Gasteiger partial charge on any atom is 0.0659 e. The number of fused-ring (bicyclic) bond motifs is 1. The van der Waals surface area contributed by atoms with E-state index in [0.29, 0.717) is 12.6 Å². The van der Waals surface area contributed by atoms with Gasteiger partial charge in [0.2, 0.25) is 0 Å². The Morgan fingerprint density at radius 2 is 2.32 bits per heavy atom. The third-order valence-electron chi connectivity index (χ3n) is 3.92. The average Bonchev–Trinajstić information content (AvgIpc) is 2.74. The molecule has 2 N–H and O–H groups in total. The van der Waals surface area contributed by atoms with Crippen molar-refractivity contribution < 1.29 is 5.11 Å². The Hall–Kier alpha value is 0.350. The lowest BCUT2D eigenvalue weighted by atomic mass is 9.86. The third-order valence-corrected chi connectivity index (χ3v) is 5.89. The largest absolute Gasteiger partial charge is 0.396 e. The Labute approximate surface area is 134 Å². The van der Waals surface area contributed by atoms with Crippen LogP contribution in [0.4, 0.5) is 0 Å². The van der Waals surface area contributed by atoms with Gasteiger partial charge in [0.05, 0.1) is 2.88 Å². The lowest BCUT2D eigenvalue weighted by Crippen LogP contribution is -2.33. The summed E-state index contributed by atoms with van der Waals surface area (Å²) in [6.45, 7) is 5.91. The first-order chi connectivity index (χ1) is 9.02. The molecule has 0 aliphatic heterocycles. The van der Waals surface area contributed by atoms with Gasteiger partial charge in [-0.05, 0) is 71.7 Å². The highest BCUT2D eigenvalue weighted by molar-refractivity contribution is 14.1. The molecule has 4 heteroatoms. The Kier molecular flexibility index (Phi) is 5.69. The van der Waals surface area contributed by atoms with E-state index in [4.69, 9.17) is 5.11 Å². The lowest BCUT2D eigenvalue weighted by Gasteiger charge is -2.30. The fourth-order valence-electron chi connectivity index (χ4n) is 2.78. The number of aliphatic hydroxyl groups is 1. The molecule has 0 saturated heterocycles. The van der Waals surface area contributed by atoms with Crippen LogP contribution in [-0.2, 0) is 6.42 Å². The fraction of sp³-hybridized carbons (Fsp3) is 0.733. The Balaban J connectivity index is 1.93. The summed E-state index contributed by atoms with van der Waals surface area (Å²) in [5.74, 6) is 0. The van der Waals surface area contributed by atoms with E-state index in [-0.39, 0.29) is 5.41 Å². The van der Waals surface area contributed by atoms with Crippen molar-refractivity contribution in [2.45, 2.75) is 52.0 Å². The van der Waals surface area contributed by atoms with Gasteiger partial charge in [0.25, 0.3) is 0 Å². The van der Waals surface area contributed by atoms with Gasteiger partial charge in [-0.1, -0.05) is 13.8 Å². The molecule has 0 bridgehead atoms. The molecule has 1 unspecified atom stereocenters. The summed E-state index contributed by atoms with van der Waals surface area (Å²) in [5, 5.41) is 12.7. The number of aliphatic hydroxyl groups excluding tert-OH is 1. The molecule has 0 saturated carbocycles. The molecule has 0 amide bonds. The summed E-state index contributed by atoms with van der Waals surface area (Å²) in [5.41, 5.74) is 1.81. The van der Waals surface area contributed by atoms with Crippen LogP contribution in [-0.4, -0.2) is 18.3 Å². The molecule has 0 aromatic carbocycles. The van der Waals surface area contributed by atoms with Crippen LogP contribution in [0.25, 0.3) is 0 Å². The van der Waals surface area contributed by atoms with Crippen LogP contribution in [0.15, 0.2) is 6.07 Å². The standard InChI is InChI=1S/C15H24INOS/c1-15(2,7-4-8-18)10-17-12-5-3-6-13-11(12)9-14(16)19-13/h9,12,17-18H,3-8,10H2,1-2H3. The first kappa shape index (κ1) is 15.7. The number of hydrogen-bond acceptors (Lipinski definition) is 3. The smallest absolute Gasteiger partial charge is 0.0659 e. The highest BCUT2D eigenvalue weighted by Crippen LogP contribution is 2.36. The molecule has 0 fully saturated rings. The van der Waals surface area contributed by atoms with E-state index in [1.54, 1.807) is 10.4 Å². The van der Waals surface area contributed by atoms with Gasteiger partial charge >= 0.3 is 0 Å². The van der Waals surface area contributed by atoms with E-state index in [1.165, 1.54) is 22.1 Å². The second kappa shape index (κ2) is 6.87. The molecule has 108 valence electrons. The van der Waals surface area contributed by atoms with Gasteiger partial charge in [0.15, 0.2) is 0 Å². The topological polar surface area (TPSA) is 32.3 Å². The van der Waals surface area contributed by atoms with Gasteiger partial charge < -0.3 is 10.4 Å². The van der Waals surface area contributed by atoms with Crippen LogP contribution in [0.1, 0.15) is 56.0 Å². The summed E-state index contributed by atoms with van der Waals surface area (Å²) in [6.07, 6.45) is 5.81. The molecule has 1 aromatic heterocycles. The van der Waals surface area contributed by atoms with Crippen molar-refractivity contribution in [2.24, 2.45) is 5.41 Å². The highest BCUT2D eigenvalue weighted by atomic mass is 127. The zero-order valence-electron chi connectivity index (χ0n) is 11.8. The average molecular weight is 393 g/mol. The summed E-state index contributed by atoms with van der Waals surface area (Å²) in [6, 6.07) is 2.90. The van der Waals surface area contributed by atoms with Crippen LogP contribution < -0.4 is 5.32 Å². The minimum atomic E-state index is 0.267. The summed E-state index contributed by atoms with van der Waals surface area (Å²) in [4.78, 5) is 1.58. The summed E-state index contributed by atoms with van der Waals surface area (Å²) in [7, 11) is 0. The van der Waals surface area contributed by atoms with Gasteiger partial charge in [-0.3, -0.25) is 0 Å². The molecule has 19 heavy (non-hydrogen) atoms. The van der Waals surface area contributed by atoms with Gasteiger partial charge in [-0.15, -0.1) is 11.3 Å². The minimum Gasteiger partial charge on any atom is -0.396 e. The fourth-order valence-corrected chi connectivity index (χ4v) is 4.90. The van der Waals surface area contributed by atoms with Crippen molar-refractivity contribution in [3.8, 4) is 0 Å². The zero-order valence-corrected chi connectivity index (χ0v) is 14.8. The predicted molar refractivity (Wildman–Crippen MR) is 90.8 cm³/mol. The molecular formula is C15H24INOS. The van der Waals surface area contributed by atoms with E-state index in [1.807, 2.05) is 11.3 Å². The number of thiophene rings is 1. The zero-order chi connectivity index (χ0) is 13.9. The predicted octanol–water partition coefficient (Wildman–Crippen LogP) is 4.12. The van der Waals surface area contributed by atoms with Crippen molar-refractivity contribution in [3.05, 3.63) is 19.4 Å². The van der Waals surface area contributed by atoms with Crippen molar-refractivity contribution in [1.29, 1.82) is 0 Å². The quantitative estimate of drug-likeness (QED) is 0.713. The molecule has 1 aliphatic carbocycles. The monoisotopic (exact) mass is 393 g/mol. The van der Waals surface area contributed by atoms with Gasteiger partial charge in [-0.2, -0.15) is 0 Å². The third kappa shape index (κ3) is 4.41. The maximum absolute atomic E-state index is 8.96. The molecular weight excluding hydrogens is 369 g/mol. The van der Waals surface area contributed by atoms with Gasteiger partial charge in [-0.25, -0.2) is 0 Å². The number of nitrogens with one attached hydrogen (secondary N) is 1. The van der Waals surface area contributed by atoms with Crippen molar-refractivity contribution in [1.82, 2.24) is 5.32 Å². The van der Waals surface area contributed by atoms with Crippen LogP contribution in [0, 0.1) is 8.30 Å². The van der Waals surface area contributed by atoms with E-state index in [2.05, 4.69) is 47.8 Å². The Morgan fingerprint density at radius 3 is 3.05 bits per heavy atom. The molecule has 2 nitrogen and oxygen atoms in total. The second-order valence-electron chi connectivity index (χ2n) is 6.25. The number of halogens is 1. The van der Waals surface area contributed by atoms with Crippen LogP contribution in [0.5, 0.6) is 0 Å². The molecule has 0 radical (unpaired) electrons. The van der Waals surface area contributed by atoms with Crippen LogP contribution in [0.2, 0.25) is 0 Å². The number of aryl methyl sites for hydroxylation is 1. The summed E-state index contributed by atoms with van der Waals surface area (Å²) < 4.78 is 1.41. The molecule has 1 aromatic rings. The Bertz CT molecular complexity index is 416. The van der Waals surface area contributed by atoms with Crippen molar-refractivity contribution in [3.63, 3.8) is 0 Å². The first-order valence-electron chi connectivity index (χ1n) is 7.14. The van der Waals surface area contributed by atoms with Crippen LogP contribution in [0.3, 0.4) is 0 Å². The van der Waals surface area contributed by atoms with Gasteiger partial charge in [0, 0.05) is 24.1 Å². The molecule has 1 atom stereocenters. The van der Waals surface area contributed by atoms with Crippen LogP contribution >= 0.6 is 33.9 Å². The van der Waals surface area contributed by atoms with E-state index < -0.39 is 0 Å². The van der Waals surface area contributed by atoms with E-state index >= 15 is 0 Å². The Morgan fingerprint density at radius 1 is 1.53 bits per heavy atom. The van der Waals surface area contributed by atoms with E-state index in [0.717, 1.165) is 19.4 Å². The molecule has 1 heterocycles. The normalized spacial score (nSPS) is 19.5. The SMILES string of the molecule is CC(C)(CCCO)CNC1CCCc2sc(I)cc21. The second-order valence-corrected chi connectivity index (χ2v) is 9.28. The van der Waals surface area contributed by atoms with Crippen molar-refractivity contribution in [2.75, 3.05) is 13.2 Å². The summed E-state index contributed by atoms with van der Waals surface area (Å²) >= 11 is 4.39. The highest BCUT2D eigenvalue weighted by Gasteiger charge is 2.25. The molecule has 2 rings (SSSR count). The maximum atomic E-state index is 8.96. The first-order valence-corrected chi connectivity index (χ1v) is 9.04. The number of hydrogen-bond donors (Lipinski definition) is 2.